The molecule has 0 aliphatic rings. The summed E-state index contributed by atoms with van der Waals surface area (Å²) in [4.78, 5) is 22.4. The maximum atomic E-state index is 11.4. The summed E-state index contributed by atoms with van der Waals surface area (Å²) in [6.07, 6.45) is 1.01. The Morgan fingerprint density at radius 3 is 2.50 bits per heavy atom. The van der Waals surface area contributed by atoms with E-state index in [0.29, 0.717) is 13.1 Å². The van der Waals surface area contributed by atoms with Crippen molar-refractivity contribution in [3.05, 3.63) is 48.6 Å². The van der Waals surface area contributed by atoms with Gasteiger partial charge in [-0.2, -0.15) is 0 Å². The quantitative estimate of drug-likeness (QED) is 0.746. The highest BCUT2D eigenvalue weighted by Gasteiger charge is 2.13. The third-order valence-electron chi connectivity index (χ3n) is 2.69. The molecule has 0 bridgehead atoms. The Morgan fingerprint density at radius 2 is 1.90 bits per heavy atom. The van der Waals surface area contributed by atoms with Crippen LogP contribution in [0.4, 0.5) is 4.79 Å². The van der Waals surface area contributed by atoms with Gasteiger partial charge >= 0.3 is 6.09 Å². The van der Waals surface area contributed by atoms with Gasteiger partial charge in [-0.15, -0.1) is 0 Å². The second kappa shape index (κ2) is 8.74. The van der Waals surface area contributed by atoms with Crippen molar-refractivity contribution in [2.75, 3.05) is 19.7 Å². The number of hydrogen-bond acceptors (Lipinski definition) is 3. The lowest BCUT2D eigenvalue weighted by Gasteiger charge is -2.18. The summed E-state index contributed by atoms with van der Waals surface area (Å²) in [5.74, 6) is -0.100. The van der Waals surface area contributed by atoms with E-state index in [1.807, 2.05) is 30.3 Å². The van der Waals surface area contributed by atoms with Crippen LogP contribution in [0.2, 0.25) is 0 Å². The summed E-state index contributed by atoms with van der Waals surface area (Å²) >= 11 is 0. The summed E-state index contributed by atoms with van der Waals surface area (Å²) in [6.45, 7) is 5.96. The molecular formula is C15H20N2O3. The minimum atomic E-state index is -0.492. The van der Waals surface area contributed by atoms with E-state index in [1.165, 1.54) is 13.0 Å². The molecule has 5 nitrogen and oxygen atoms in total. The Bertz CT molecular complexity index is 446. The molecule has 0 saturated heterocycles. The predicted molar refractivity (Wildman–Crippen MR) is 77.4 cm³/mol. The van der Waals surface area contributed by atoms with Gasteiger partial charge in [-0.05, 0) is 5.56 Å². The first-order chi connectivity index (χ1) is 9.63. The monoisotopic (exact) mass is 276 g/mol. The number of alkyl carbamates (subject to hydrolysis) is 1. The van der Waals surface area contributed by atoms with E-state index in [2.05, 4.69) is 17.2 Å². The maximum Gasteiger partial charge on any atom is 0.407 e. The van der Waals surface area contributed by atoms with Crippen LogP contribution in [0.1, 0.15) is 18.4 Å². The highest BCUT2D eigenvalue weighted by Crippen LogP contribution is 2.13. The van der Waals surface area contributed by atoms with Crippen molar-refractivity contribution in [1.82, 2.24) is 10.6 Å². The summed E-state index contributed by atoms with van der Waals surface area (Å²) in [5.41, 5.74) is 1.05. The Morgan fingerprint density at radius 1 is 1.25 bits per heavy atom. The van der Waals surface area contributed by atoms with Crippen LogP contribution in [0.3, 0.4) is 0 Å². The average Bonchev–Trinajstić information content (AvgIpc) is 2.45. The number of nitrogens with one attached hydrogen (secondary N) is 2. The Kier molecular flexibility index (Phi) is 6.89. The number of ether oxygens (including phenoxy) is 1. The second-order valence-electron chi connectivity index (χ2n) is 4.31. The van der Waals surface area contributed by atoms with Gasteiger partial charge in [-0.25, -0.2) is 4.79 Å². The summed E-state index contributed by atoms with van der Waals surface area (Å²) in [6, 6.07) is 9.69. The zero-order valence-electron chi connectivity index (χ0n) is 11.6. The molecule has 0 aliphatic heterocycles. The van der Waals surface area contributed by atoms with Crippen LogP contribution >= 0.6 is 0 Å². The van der Waals surface area contributed by atoms with Crippen molar-refractivity contribution in [3.63, 3.8) is 0 Å². The third kappa shape index (κ3) is 6.04. The first kappa shape index (κ1) is 15.8. The molecule has 2 amide bonds. The molecule has 108 valence electrons. The van der Waals surface area contributed by atoms with Crippen LogP contribution in [0, 0.1) is 0 Å². The van der Waals surface area contributed by atoms with E-state index >= 15 is 0 Å². The molecule has 0 spiro atoms. The number of benzene rings is 1. The third-order valence-corrected chi connectivity index (χ3v) is 2.69. The van der Waals surface area contributed by atoms with E-state index in [0.717, 1.165) is 5.56 Å². The lowest BCUT2D eigenvalue weighted by atomic mass is 9.99. The fourth-order valence-corrected chi connectivity index (χ4v) is 1.69. The van der Waals surface area contributed by atoms with Gasteiger partial charge in [0.05, 0.1) is 0 Å². The van der Waals surface area contributed by atoms with Crippen molar-refractivity contribution in [1.29, 1.82) is 0 Å². The first-order valence-electron chi connectivity index (χ1n) is 6.44. The fraction of sp³-hybridized carbons (Fsp3) is 0.333. The first-order valence-corrected chi connectivity index (χ1v) is 6.44. The van der Waals surface area contributed by atoms with Crippen molar-refractivity contribution in [2.24, 2.45) is 0 Å². The number of carbonyl (C=O) groups excluding carboxylic acids is 2. The van der Waals surface area contributed by atoms with E-state index in [9.17, 15) is 9.59 Å². The summed E-state index contributed by atoms with van der Waals surface area (Å²) < 4.78 is 4.85. The second-order valence-corrected chi connectivity index (χ2v) is 4.31. The van der Waals surface area contributed by atoms with Crippen molar-refractivity contribution in [3.8, 4) is 0 Å². The Balaban J connectivity index is 2.56. The van der Waals surface area contributed by atoms with Gasteiger partial charge in [0.15, 0.2) is 0 Å². The minimum absolute atomic E-state index is 0.00335. The van der Waals surface area contributed by atoms with Crippen LogP contribution in [0.15, 0.2) is 43.0 Å². The molecule has 1 rings (SSSR count). The van der Waals surface area contributed by atoms with Crippen LogP contribution in [0.25, 0.3) is 0 Å². The van der Waals surface area contributed by atoms with E-state index < -0.39 is 6.09 Å². The normalized spacial score (nSPS) is 11.2. The molecule has 1 aromatic carbocycles. The molecule has 0 aromatic heterocycles. The topological polar surface area (TPSA) is 67.4 Å². The highest BCUT2D eigenvalue weighted by molar-refractivity contribution is 5.73. The molecular weight excluding hydrogens is 256 g/mol. The minimum Gasteiger partial charge on any atom is -0.445 e. The van der Waals surface area contributed by atoms with Gasteiger partial charge in [0, 0.05) is 25.9 Å². The lowest BCUT2D eigenvalue weighted by molar-refractivity contribution is -0.119. The molecule has 0 saturated carbocycles. The molecule has 20 heavy (non-hydrogen) atoms. The molecule has 2 N–H and O–H groups in total. The van der Waals surface area contributed by atoms with Gasteiger partial charge in [-0.3, -0.25) is 4.79 Å². The van der Waals surface area contributed by atoms with Gasteiger partial charge in [0.1, 0.15) is 6.61 Å². The average molecular weight is 276 g/mol. The Hall–Kier alpha value is -2.30. The number of carbonyl (C=O) groups is 2. The fourth-order valence-electron chi connectivity index (χ4n) is 1.69. The molecule has 0 unspecified atom stereocenters. The lowest BCUT2D eigenvalue weighted by Crippen LogP contribution is -2.35. The molecule has 0 fully saturated rings. The zero-order valence-corrected chi connectivity index (χ0v) is 11.6. The van der Waals surface area contributed by atoms with E-state index in [1.54, 1.807) is 0 Å². The summed E-state index contributed by atoms with van der Waals surface area (Å²) in [5, 5.41) is 5.44. The zero-order chi connectivity index (χ0) is 14.8. The number of hydrogen-bond donors (Lipinski definition) is 2. The van der Waals surface area contributed by atoms with Crippen molar-refractivity contribution < 1.29 is 14.3 Å². The van der Waals surface area contributed by atoms with Crippen LogP contribution < -0.4 is 10.6 Å². The van der Waals surface area contributed by atoms with Crippen LogP contribution in [0.5, 0.6) is 0 Å². The maximum absolute atomic E-state index is 11.4. The molecule has 0 radical (unpaired) electrons. The number of amides is 2. The molecule has 0 heterocycles. The molecule has 0 aliphatic carbocycles. The van der Waals surface area contributed by atoms with Crippen molar-refractivity contribution >= 4 is 12.0 Å². The molecule has 5 heteroatoms. The number of rotatable bonds is 7. The predicted octanol–water partition coefficient (Wildman–Crippen LogP) is 1.82. The van der Waals surface area contributed by atoms with E-state index in [4.69, 9.17) is 4.74 Å². The molecule has 1 aromatic rings. The van der Waals surface area contributed by atoms with Gasteiger partial charge in [-0.1, -0.05) is 43.0 Å². The smallest absolute Gasteiger partial charge is 0.407 e. The van der Waals surface area contributed by atoms with Gasteiger partial charge in [0.25, 0.3) is 0 Å². The van der Waals surface area contributed by atoms with Gasteiger partial charge in [0.2, 0.25) is 5.91 Å². The SMILES string of the molecule is C=CCOC(=O)NC[C@@H](CNC(C)=O)c1ccccc1. The van der Waals surface area contributed by atoms with Crippen LogP contribution in [-0.2, 0) is 9.53 Å². The van der Waals surface area contributed by atoms with E-state index in [-0.39, 0.29) is 18.4 Å². The largest absolute Gasteiger partial charge is 0.445 e. The van der Waals surface area contributed by atoms with Crippen LogP contribution in [-0.4, -0.2) is 31.7 Å². The van der Waals surface area contributed by atoms with Gasteiger partial charge < -0.3 is 15.4 Å². The summed E-state index contributed by atoms with van der Waals surface area (Å²) in [7, 11) is 0. The highest BCUT2D eigenvalue weighted by atomic mass is 16.5. The molecule has 1 atom stereocenters. The standard InChI is InChI=1S/C15H20N2O3/c1-3-9-20-15(19)17-11-14(10-16-12(2)18)13-7-5-4-6-8-13/h3-8,14H,1,9-11H2,2H3,(H,16,18)(H,17,19)/t14-/m1/s1. The Labute approximate surface area is 119 Å². The van der Waals surface area contributed by atoms with Crippen molar-refractivity contribution in [2.45, 2.75) is 12.8 Å².